The van der Waals surface area contributed by atoms with Crippen LogP contribution in [0.25, 0.3) is 11.0 Å². The Bertz CT molecular complexity index is 957. The molecule has 7 nitrogen and oxygen atoms in total. The average Bonchev–Trinajstić information content (AvgIpc) is 2.69. The number of fused-ring (bicyclic) bond motifs is 1. The lowest BCUT2D eigenvalue weighted by atomic mass is 10.2. The van der Waals surface area contributed by atoms with Gasteiger partial charge in [-0.3, -0.25) is 14.8 Å². The summed E-state index contributed by atoms with van der Waals surface area (Å²) >= 11 is 0. The number of hydrogen-bond donors (Lipinski definition) is 1. The fourth-order valence-electron chi connectivity index (χ4n) is 2.42. The van der Waals surface area contributed by atoms with Gasteiger partial charge in [0.2, 0.25) is 0 Å². The lowest BCUT2D eigenvalue weighted by Crippen LogP contribution is -2.30. The second-order valence-electron chi connectivity index (χ2n) is 5.75. The van der Waals surface area contributed by atoms with Crippen LogP contribution in [0.1, 0.15) is 24.2 Å². The molecule has 1 amide bonds. The standard InChI is InChI=1S/C20H19N3O4/c1-3-26-16-7-5-15(6-8-16)23-19(24)13(2)27-20(25)14-4-9-17-18(12-14)22-11-10-21-17/h4-13H,3H2,1-2H3,(H,23,24)/t13-/m1/s1. The van der Waals surface area contributed by atoms with Crippen molar-refractivity contribution in [1.29, 1.82) is 0 Å². The first kappa shape index (κ1) is 18.3. The molecule has 2 aromatic carbocycles. The van der Waals surface area contributed by atoms with Gasteiger partial charge in [-0.25, -0.2) is 4.79 Å². The van der Waals surface area contributed by atoms with Gasteiger partial charge in [-0.05, 0) is 56.3 Å². The zero-order valence-electron chi connectivity index (χ0n) is 15.0. The van der Waals surface area contributed by atoms with E-state index in [2.05, 4.69) is 15.3 Å². The van der Waals surface area contributed by atoms with Gasteiger partial charge < -0.3 is 14.8 Å². The molecule has 7 heteroatoms. The molecule has 0 saturated carbocycles. The molecular formula is C20H19N3O4. The first-order valence-corrected chi connectivity index (χ1v) is 8.52. The van der Waals surface area contributed by atoms with Crippen molar-refractivity contribution in [3.8, 4) is 5.75 Å². The predicted molar refractivity (Wildman–Crippen MR) is 101 cm³/mol. The Morgan fingerprint density at radius 3 is 2.44 bits per heavy atom. The van der Waals surface area contributed by atoms with Crippen molar-refractivity contribution in [2.24, 2.45) is 0 Å². The molecular weight excluding hydrogens is 346 g/mol. The van der Waals surface area contributed by atoms with Gasteiger partial charge in [0, 0.05) is 18.1 Å². The molecule has 138 valence electrons. The average molecular weight is 365 g/mol. The van der Waals surface area contributed by atoms with Crippen LogP contribution in [-0.2, 0) is 9.53 Å². The highest BCUT2D eigenvalue weighted by molar-refractivity contribution is 5.98. The summed E-state index contributed by atoms with van der Waals surface area (Å²) in [6.07, 6.45) is 2.17. The molecule has 0 unspecified atom stereocenters. The molecule has 0 spiro atoms. The normalized spacial score (nSPS) is 11.6. The number of hydrogen-bond acceptors (Lipinski definition) is 6. The van der Waals surface area contributed by atoms with Crippen molar-refractivity contribution < 1.29 is 19.1 Å². The molecule has 0 bridgehead atoms. The first-order valence-electron chi connectivity index (χ1n) is 8.52. The number of carbonyl (C=O) groups excluding carboxylic acids is 2. The number of rotatable bonds is 6. The molecule has 1 heterocycles. The van der Waals surface area contributed by atoms with E-state index in [0.717, 1.165) is 5.75 Å². The Hall–Kier alpha value is -3.48. The van der Waals surface area contributed by atoms with Gasteiger partial charge >= 0.3 is 5.97 Å². The molecule has 3 rings (SSSR count). The Morgan fingerprint density at radius 2 is 1.74 bits per heavy atom. The van der Waals surface area contributed by atoms with Crippen LogP contribution in [0.2, 0.25) is 0 Å². The lowest BCUT2D eigenvalue weighted by Gasteiger charge is -2.14. The van der Waals surface area contributed by atoms with Gasteiger partial charge in [0.1, 0.15) is 5.75 Å². The maximum atomic E-state index is 12.3. The van der Waals surface area contributed by atoms with Crippen LogP contribution in [-0.4, -0.2) is 34.6 Å². The molecule has 27 heavy (non-hydrogen) atoms. The van der Waals surface area contributed by atoms with E-state index in [1.807, 2.05) is 6.92 Å². The number of amides is 1. The van der Waals surface area contributed by atoms with E-state index in [1.54, 1.807) is 54.9 Å². The van der Waals surface area contributed by atoms with Crippen molar-refractivity contribution in [3.05, 3.63) is 60.4 Å². The van der Waals surface area contributed by atoms with Crippen LogP contribution < -0.4 is 10.1 Å². The Balaban J connectivity index is 1.61. The van der Waals surface area contributed by atoms with Crippen LogP contribution in [0.4, 0.5) is 5.69 Å². The fourth-order valence-corrected chi connectivity index (χ4v) is 2.42. The minimum Gasteiger partial charge on any atom is -0.494 e. The maximum Gasteiger partial charge on any atom is 0.338 e. The monoisotopic (exact) mass is 365 g/mol. The minimum atomic E-state index is -0.957. The predicted octanol–water partition coefficient (Wildman–Crippen LogP) is 3.21. The van der Waals surface area contributed by atoms with Gasteiger partial charge in [-0.1, -0.05) is 0 Å². The van der Waals surface area contributed by atoms with Crippen LogP contribution >= 0.6 is 0 Å². The molecule has 0 aliphatic heterocycles. The number of nitrogens with one attached hydrogen (secondary N) is 1. The summed E-state index contributed by atoms with van der Waals surface area (Å²) in [7, 11) is 0. The van der Waals surface area contributed by atoms with Gasteiger partial charge in [0.05, 0.1) is 23.2 Å². The Labute approximate surface area is 156 Å². The maximum absolute atomic E-state index is 12.3. The molecule has 1 N–H and O–H groups in total. The van der Waals surface area contributed by atoms with Crippen LogP contribution in [0.3, 0.4) is 0 Å². The van der Waals surface area contributed by atoms with Crippen molar-refractivity contribution >= 4 is 28.6 Å². The van der Waals surface area contributed by atoms with Gasteiger partial charge in [-0.2, -0.15) is 0 Å². The quantitative estimate of drug-likeness (QED) is 0.675. The van der Waals surface area contributed by atoms with Crippen molar-refractivity contribution in [1.82, 2.24) is 9.97 Å². The first-order chi connectivity index (χ1) is 13.1. The van der Waals surface area contributed by atoms with Gasteiger partial charge in [0.15, 0.2) is 6.10 Å². The molecule has 3 aromatic rings. The summed E-state index contributed by atoms with van der Waals surface area (Å²) in [5.74, 6) is -0.306. The number of esters is 1. The lowest BCUT2D eigenvalue weighted by molar-refractivity contribution is -0.123. The molecule has 1 atom stereocenters. The number of aromatic nitrogens is 2. The van der Waals surface area contributed by atoms with E-state index >= 15 is 0 Å². The van der Waals surface area contributed by atoms with Gasteiger partial charge in [-0.15, -0.1) is 0 Å². The summed E-state index contributed by atoms with van der Waals surface area (Å²) in [4.78, 5) is 32.9. The highest BCUT2D eigenvalue weighted by Gasteiger charge is 2.19. The number of benzene rings is 2. The van der Waals surface area contributed by atoms with Crippen molar-refractivity contribution in [3.63, 3.8) is 0 Å². The third-order valence-electron chi connectivity index (χ3n) is 3.79. The summed E-state index contributed by atoms with van der Waals surface area (Å²) in [5.41, 5.74) is 2.16. The smallest absolute Gasteiger partial charge is 0.338 e. The molecule has 0 saturated heterocycles. The summed E-state index contributed by atoms with van der Waals surface area (Å²) in [6, 6.07) is 11.8. The topological polar surface area (TPSA) is 90.4 Å². The number of nitrogens with zero attached hydrogens (tertiary/aromatic N) is 2. The molecule has 0 fully saturated rings. The molecule has 1 aromatic heterocycles. The number of ether oxygens (including phenoxy) is 2. The number of carbonyl (C=O) groups is 2. The zero-order chi connectivity index (χ0) is 19.2. The van der Waals surface area contributed by atoms with Crippen LogP contribution in [0.5, 0.6) is 5.75 Å². The molecule has 0 radical (unpaired) electrons. The minimum absolute atomic E-state index is 0.309. The summed E-state index contributed by atoms with van der Waals surface area (Å²) < 4.78 is 10.6. The second-order valence-corrected chi connectivity index (χ2v) is 5.75. The molecule has 0 aliphatic rings. The van der Waals surface area contributed by atoms with Crippen LogP contribution in [0.15, 0.2) is 54.9 Å². The SMILES string of the molecule is CCOc1ccc(NC(=O)[C@@H](C)OC(=O)c2ccc3nccnc3c2)cc1. The number of anilines is 1. The van der Waals surface area contributed by atoms with Gasteiger partial charge in [0.25, 0.3) is 5.91 Å². The van der Waals surface area contributed by atoms with Crippen molar-refractivity contribution in [2.75, 3.05) is 11.9 Å². The van der Waals surface area contributed by atoms with E-state index < -0.39 is 18.0 Å². The van der Waals surface area contributed by atoms with E-state index in [1.165, 1.54) is 6.92 Å². The summed E-state index contributed by atoms with van der Waals surface area (Å²) in [5, 5.41) is 2.70. The third kappa shape index (κ3) is 4.58. The van der Waals surface area contributed by atoms with E-state index in [0.29, 0.717) is 28.9 Å². The third-order valence-corrected chi connectivity index (χ3v) is 3.79. The highest BCUT2D eigenvalue weighted by Crippen LogP contribution is 2.17. The second kappa shape index (κ2) is 8.27. The highest BCUT2D eigenvalue weighted by atomic mass is 16.5. The molecule has 0 aliphatic carbocycles. The Kier molecular flexibility index (Phi) is 5.61. The van der Waals surface area contributed by atoms with Crippen molar-refractivity contribution in [2.45, 2.75) is 20.0 Å². The zero-order valence-corrected chi connectivity index (χ0v) is 15.0. The summed E-state index contributed by atoms with van der Waals surface area (Å²) in [6.45, 7) is 3.98. The fraction of sp³-hybridized carbons (Fsp3) is 0.200. The van der Waals surface area contributed by atoms with E-state index in [4.69, 9.17) is 9.47 Å². The Morgan fingerprint density at radius 1 is 1.04 bits per heavy atom. The van der Waals surface area contributed by atoms with E-state index in [9.17, 15) is 9.59 Å². The largest absolute Gasteiger partial charge is 0.494 e. The van der Waals surface area contributed by atoms with E-state index in [-0.39, 0.29) is 0 Å². The van der Waals surface area contributed by atoms with Crippen LogP contribution in [0, 0.1) is 0 Å².